The van der Waals surface area contributed by atoms with Gasteiger partial charge in [-0.1, -0.05) is 17.3 Å². The van der Waals surface area contributed by atoms with Crippen LogP contribution in [0.25, 0.3) is 11.0 Å². The predicted molar refractivity (Wildman–Crippen MR) is 110 cm³/mol. The van der Waals surface area contributed by atoms with Crippen molar-refractivity contribution in [3.63, 3.8) is 0 Å². The Bertz CT molecular complexity index is 1370. The zero-order valence-corrected chi connectivity index (χ0v) is 16.6. The van der Waals surface area contributed by atoms with Gasteiger partial charge in [-0.15, -0.1) is 0 Å². The summed E-state index contributed by atoms with van der Waals surface area (Å²) in [6, 6.07) is 15.3. The Balaban J connectivity index is 1.42. The molecule has 0 atom stereocenters. The van der Waals surface area contributed by atoms with Crippen LogP contribution in [0.4, 0.5) is 20.2 Å². The molecule has 1 heterocycles. The number of anilines is 2. The molecule has 2 N–H and O–H groups in total. The van der Waals surface area contributed by atoms with Crippen LogP contribution in [0.3, 0.4) is 0 Å². The molecular formula is C21H15F2N3O4S. The molecule has 7 nitrogen and oxygen atoms in total. The van der Waals surface area contributed by atoms with E-state index >= 15 is 0 Å². The molecule has 31 heavy (non-hydrogen) atoms. The topological polar surface area (TPSA) is 101 Å². The molecule has 158 valence electrons. The lowest BCUT2D eigenvalue weighted by Gasteiger charge is -2.10. The quantitative estimate of drug-likeness (QED) is 0.468. The average molecular weight is 443 g/mol. The molecule has 0 fully saturated rings. The monoisotopic (exact) mass is 443 g/mol. The highest BCUT2D eigenvalue weighted by atomic mass is 32.2. The molecule has 0 saturated heterocycles. The summed E-state index contributed by atoms with van der Waals surface area (Å²) in [6.45, 7) is 0. The van der Waals surface area contributed by atoms with E-state index in [1.54, 1.807) is 12.1 Å². The van der Waals surface area contributed by atoms with Gasteiger partial charge < -0.3 is 9.84 Å². The van der Waals surface area contributed by atoms with Crippen molar-refractivity contribution in [3.8, 4) is 0 Å². The first kappa shape index (κ1) is 20.5. The number of hydrogen-bond donors (Lipinski definition) is 2. The molecule has 1 aromatic heterocycles. The third kappa shape index (κ3) is 4.53. The molecule has 0 bridgehead atoms. The average Bonchev–Trinajstić information content (AvgIpc) is 3.14. The van der Waals surface area contributed by atoms with E-state index in [2.05, 4.69) is 15.2 Å². The maximum atomic E-state index is 13.3. The molecule has 4 aromatic rings. The van der Waals surface area contributed by atoms with E-state index in [0.29, 0.717) is 23.0 Å². The number of aromatic nitrogens is 1. The van der Waals surface area contributed by atoms with Gasteiger partial charge in [-0.3, -0.25) is 9.52 Å². The van der Waals surface area contributed by atoms with E-state index in [0.717, 1.165) is 17.5 Å². The summed E-state index contributed by atoms with van der Waals surface area (Å²) in [6.07, 6.45) is 0.00151. The number of amides is 1. The molecule has 10 heteroatoms. The number of nitrogens with one attached hydrogen (secondary N) is 2. The first-order chi connectivity index (χ1) is 14.8. The van der Waals surface area contributed by atoms with Crippen LogP contribution in [0, 0.1) is 11.6 Å². The largest absolute Gasteiger partial charge is 0.356 e. The number of hydrogen-bond acceptors (Lipinski definition) is 5. The number of benzene rings is 3. The van der Waals surface area contributed by atoms with Crippen molar-refractivity contribution < 1.29 is 26.5 Å². The Morgan fingerprint density at radius 3 is 2.39 bits per heavy atom. The van der Waals surface area contributed by atoms with Gasteiger partial charge in [0.25, 0.3) is 10.0 Å². The lowest BCUT2D eigenvalue weighted by atomic mass is 10.1. The summed E-state index contributed by atoms with van der Waals surface area (Å²) in [7, 11) is -4.11. The summed E-state index contributed by atoms with van der Waals surface area (Å²) in [5.74, 6) is -2.73. The maximum Gasteiger partial charge on any atom is 0.261 e. The van der Waals surface area contributed by atoms with Crippen LogP contribution in [0.2, 0.25) is 0 Å². The van der Waals surface area contributed by atoms with Crippen LogP contribution in [0.1, 0.15) is 5.69 Å². The summed E-state index contributed by atoms with van der Waals surface area (Å²) in [5.41, 5.74) is 1.71. The highest BCUT2D eigenvalue weighted by Crippen LogP contribution is 2.21. The van der Waals surface area contributed by atoms with Gasteiger partial charge in [0.05, 0.1) is 11.3 Å². The van der Waals surface area contributed by atoms with Gasteiger partial charge in [0, 0.05) is 16.8 Å². The highest BCUT2D eigenvalue weighted by molar-refractivity contribution is 7.92. The molecule has 4 rings (SSSR count). The van der Waals surface area contributed by atoms with Gasteiger partial charge >= 0.3 is 0 Å². The van der Waals surface area contributed by atoms with Gasteiger partial charge in [-0.05, 0) is 54.6 Å². The molecule has 1 amide bonds. The maximum absolute atomic E-state index is 13.3. The number of carbonyl (C=O) groups is 1. The Labute approximate surface area is 175 Å². The summed E-state index contributed by atoms with van der Waals surface area (Å²) in [5, 5.41) is 7.35. The third-order valence-corrected chi connectivity index (χ3v) is 5.78. The molecule has 0 spiro atoms. The summed E-state index contributed by atoms with van der Waals surface area (Å²) in [4.78, 5) is 11.9. The smallest absolute Gasteiger partial charge is 0.261 e. The first-order valence-corrected chi connectivity index (χ1v) is 10.5. The van der Waals surface area contributed by atoms with Crippen LogP contribution in [-0.2, 0) is 21.2 Å². The van der Waals surface area contributed by atoms with Crippen molar-refractivity contribution in [2.75, 3.05) is 10.0 Å². The minimum absolute atomic E-state index is 0.00151. The standard InChI is InChI=1S/C21H15F2N3O4S/c22-17-10-9-15(11-18(17)23)31(28,29)26-14-7-5-13(6-8-14)24-21(27)12-19-16-3-1-2-4-20(16)30-25-19/h1-11,26H,12H2,(H,24,27). The molecule has 0 saturated carbocycles. The van der Waals surface area contributed by atoms with Crippen LogP contribution in [-0.4, -0.2) is 19.5 Å². The molecule has 3 aromatic carbocycles. The van der Waals surface area contributed by atoms with E-state index in [-0.39, 0.29) is 18.0 Å². The number of fused-ring (bicyclic) bond motifs is 1. The predicted octanol–water partition coefficient (Wildman–Crippen LogP) is 4.09. The minimum atomic E-state index is -4.11. The van der Waals surface area contributed by atoms with Crippen molar-refractivity contribution in [2.24, 2.45) is 0 Å². The highest BCUT2D eigenvalue weighted by Gasteiger charge is 2.17. The van der Waals surface area contributed by atoms with Gasteiger partial charge in [0.15, 0.2) is 17.2 Å². The molecule has 0 aliphatic heterocycles. The third-order valence-electron chi connectivity index (χ3n) is 4.40. The second-order valence-electron chi connectivity index (χ2n) is 6.61. The Hall–Kier alpha value is -3.79. The first-order valence-electron chi connectivity index (χ1n) is 9.03. The van der Waals surface area contributed by atoms with Crippen molar-refractivity contribution in [3.05, 3.63) is 84.1 Å². The normalized spacial score (nSPS) is 11.4. The van der Waals surface area contributed by atoms with Crippen molar-refractivity contribution in [2.45, 2.75) is 11.3 Å². The van der Waals surface area contributed by atoms with Crippen LogP contribution >= 0.6 is 0 Å². The Morgan fingerprint density at radius 2 is 1.65 bits per heavy atom. The van der Waals surface area contributed by atoms with Crippen LogP contribution in [0.5, 0.6) is 0 Å². The molecule has 0 radical (unpaired) electrons. The number of nitrogens with zero attached hydrogens (tertiary/aromatic N) is 1. The Morgan fingerprint density at radius 1 is 0.935 bits per heavy atom. The number of sulfonamides is 1. The number of para-hydroxylation sites is 1. The van der Waals surface area contributed by atoms with Crippen molar-refractivity contribution in [1.29, 1.82) is 0 Å². The minimum Gasteiger partial charge on any atom is -0.356 e. The fourth-order valence-electron chi connectivity index (χ4n) is 2.90. The van der Waals surface area contributed by atoms with E-state index < -0.39 is 26.6 Å². The fraction of sp³-hybridized carbons (Fsp3) is 0.0476. The molecule has 0 aliphatic carbocycles. The second kappa shape index (κ2) is 8.15. The van der Waals surface area contributed by atoms with E-state index in [4.69, 9.17) is 4.52 Å². The van der Waals surface area contributed by atoms with E-state index in [9.17, 15) is 22.0 Å². The van der Waals surface area contributed by atoms with Crippen molar-refractivity contribution in [1.82, 2.24) is 5.16 Å². The summed E-state index contributed by atoms with van der Waals surface area (Å²) < 4.78 is 58.4. The zero-order valence-electron chi connectivity index (χ0n) is 15.8. The molecule has 0 unspecified atom stereocenters. The van der Waals surface area contributed by atoms with Gasteiger partial charge in [-0.2, -0.15) is 0 Å². The number of halogens is 2. The van der Waals surface area contributed by atoms with E-state index in [1.165, 1.54) is 24.3 Å². The number of carbonyl (C=O) groups excluding carboxylic acids is 1. The fourth-order valence-corrected chi connectivity index (χ4v) is 3.97. The SMILES string of the molecule is O=C(Cc1noc2ccccc12)Nc1ccc(NS(=O)(=O)c2ccc(F)c(F)c2)cc1. The zero-order chi connectivity index (χ0) is 22.0. The van der Waals surface area contributed by atoms with Gasteiger partial charge in [0.2, 0.25) is 5.91 Å². The Kier molecular flexibility index (Phi) is 5.38. The van der Waals surface area contributed by atoms with Crippen LogP contribution < -0.4 is 10.0 Å². The molecule has 0 aliphatic rings. The second-order valence-corrected chi connectivity index (χ2v) is 8.29. The molecular weight excluding hydrogens is 428 g/mol. The van der Waals surface area contributed by atoms with Gasteiger partial charge in [0.1, 0.15) is 5.69 Å². The lowest BCUT2D eigenvalue weighted by Crippen LogP contribution is -2.15. The lowest BCUT2D eigenvalue weighted by molar-refractivity contribution is -0.115. The van der Waals surface area contributed by atoms with Crippen LogP contribution in [0.15, 0.2) is 76.1 Å². The summed E-state index contributed by atoms with van der Waals surface area (Å²) >= 11 is 0. The van der Waals surface area contributed by atoms with Crippen molar-refractivity contribution >= 4 is 38.3 Å². The van der Waals surface area contributed by atoms with E-state index in [1.807, 2.05) is 12.1 Å². The number of rotatable bonds is 6. The van der Waals surface area contributed by atoms with Gasteiger partial charge in [-0.25, -0.2) is 17.2 Å².